The lowest BCUT2D eigenvalue weighted by atomic mass is 10.2. The quantitative estimate of drug-likeness (QED) is 0.669. The maximum Gasteiger partial charge on any atom is 0.310 e. The van der Waals surface area contributed by atoms with E-state index in [1.54, 1.807) is 4.68 Å². The van der Waals surface area contributed by atoms with Crippen LogP contribution in [0.2, 0.25) is 0 Å². The van der Waals surface area contributed by atoms with Gasteiger partial charge in [-0.25, -0.2) is 9.67 Å². The van der Waals surface area contributed by atoms with Crippen LogP contribution in [0.15, 0.2) is 0 Å². The molecule has 14 heavy (non-hydrogen) atoms. The standard InChI is InChI=1S/C9H15N3O2/c1-6(9(13)14-4)5-12-8(3)10-7(2)11-12/h6H,5H2,1-4H3. The van der Waals surface area contributed by atoms with Crippen LogP contribution in [0.3, 0.4) is 0 Å². The summed E-state index contributed by atoms with van der Waals surface area (Å²) in [5.74, 6) is 1.12. The Morgan fingerprint density at radius 1 is 1.57 bits per heavy atom. The molecule has 1 aromatic heterocycles. The van der Waals surface area contributed by atoms with Crippen LogP contribution < -0.4 is 0 Å². The molecule has 0 N–H and O–H groups in total. The van der Waals surface area contributed by atoms with Gasteiger partial charge in [0.25, 0.3) is 0 Å². The van der Waals surface area contributed by atoms with Gasteiger partial charge >= 0.3 is 5.97 Å². The van der Waals surface area contributed by atoms with Gasteiger partial charge < -0.3 is 4.74 Å². The van der Waals surface area contributed by atoms with Crippen molar-refractivity contribution in [3.8, 4) is 0 Å². The third-order valence-corrected chi connectivity index (χ3v) is 2.01. The van der Waals surface area contributed by atoms with E-state index >= 15 is 0 Å². The van der Waals surface area contributed by atoms with Crippen molar-refractivity contribution in [3.05, 3.63) is 11.6 Å². The van der Waals surface area contributed by atoms with Crippen molar-refractivity contribution < 1.29 is 9.53 Å². The minimum absolute atomic E-state index is 0.195. The average molecular weight is 197 g/mol. The van der Waals surface area contributed by atoms with Gasteiger partial charge in [-0.15, -0.1) is 0 Å². The van der Waals surface area contributed by atoms with Gasteiger partial charge in [0.2, 0.25) is 0 Å². The molecule has 0 amide bonds. The summed E-state index contributed by atoms with van der Waals surface area (Å²) in [7, 11) is 1.39. The van der Waals surface area contributed by atoms with Crippen LogP contribution in [0.25, 0.3) is 0 Å². The van der Waals surface area contributed by atoms with Gasteiger partial charge in [0.05, 0.1) is 19.6 Å². The van der Waals surface area contributed by atoms with Crippen LogP contribution in [0, 0.1) is 19.8 Å². The maximum absolute atomic E-state index is 11.2. The molecular weight excluding hydrogens is 182 g/mol. The summed E-state index contributed by atoms with van der Waals surface area (Å²) in [6, 6.07) is 0. The van der Waals surface area contributed by atoms with E-state index in [9.17, 15) is 4.79 Å². The molecule has 5 heteroatoms. The van der Waals surface area contributed by atoms with E-state index in [2.05, 4.69) is 14.8 Å². The second-order valence-corrected chi connectivity index (χ2v) is 3.31. The number of hydrogen-bond acceptors (Lipinski definition) is 4. The number of esters is 1. The Bertz CT molecular complexity index is 333. The van der Waals surface area contributed by atoms with Gasteiger partial charge in [-0.3, -0.25) is 4.79 Å². The van der Waals surface area contributed by atoms with E-state index in [1.165, 1.54) is 7.11 Å². The van der Waals surface area contributed by atoms with Crippen molar-refractivity contribution in [2.75, 3.05) is 7.11 Å². The number of hydrogen-bond donors (Lipinski definition) is 0. The summed E-state index contributed by atoms with van der Waals surface area (Å²) in [4.78, 5) is 15.3. The highest BCUT2D eigenvalue weighted by Crippen LogP contribution is 2.04. The first kappa shape index (κ1) is 10.7. The number of rotatable bonds is 3. The number of nitrogens with zero attached hydrogens (tertiary/aromatic N) is 3. The minimum atomic E-state index is -0.224. The van der Waals surface area contributed by atoms with Gasteiger partial charge in [-0.1, -0.05) is 6.92 Å². The zero-order valence-electron chi connectivity index (χ0n) is 8.94. The van der Waals surface area contributed by atoms with Crippen molar-refractivity contribution in [3.63, 3.8) is 0 Å². The maximum atomic E-state index is 11.2. The molecule has 0 aliphatic carbocycles. The van der Waals surface area contributed by atoms with Gasteiger partial charge in [0.15, 0.2) is 0 Å². The van der Waals surface area contributed by atoms with E-state index in [-0.39, 0.29) is 11.9 Å². The molecule has 78 valence electrons. The summed E-state index contributed by atoms with van der Waals surface area (Å²) < 4.78 is 6.35. The van der Waals surface area contributed by atoms with Gasteiger partial charge in [0.1, 0.15) is 11.6 Å². The lowest BCUT2D eigenvalue weighted by Gasteiger charge is -2.09. The summed E-state index contributed by atoms with van der Waals surface area (Å²) in [6.07, 6.45) is 0. The van der Waals surface area contributed by atoms with Gasteiger partial charge in [-0.2, -0.15) is 5.10 Å². The second-order valence-electron chi connectivity index (χ2n) is 3.31. The first-order valence-electron chi connectivity index (χ1n) is 4.50. The fourth-order valence-electron chi connectivity index (χ4n) is 1.27. The highest BCUT2D eigenvalue weighted by atomic mass is 16.5. The molecule has 1 rings (SSSR count). The fourth-order valence-corrected chi connectivity index (χ4v) is 1.27. The average Bonchev–Trinajstić information content (AvgIpc) is 2.44. The predicted octanol–water partition coefficient (Wildman–Crippen LogP) is 0.704. The van der Waals surface area contributed by atoms with Crippen molar-refractivity contribution in [1.82, 2.24) is 14.8 Å². The Hall–Kier alpha value is -1.39. The molecule has 1 unspecified atom stereocenters. The van der Waals surface area contributed by atoms with Crippen LogP contribution in [0.4, 0.5) is 0 Å². The van der Waals surface area contributed by atoms with Crippen LogP contribution in [0.1, 0.15) is 18.6 Å². The number of carbonyl (C=O) groups is 1. The Balaban J connectivity index is 2.69. The molecule has 0 radical (unpaired) electrons. The van der Waals surface area contributed by atoms with Crippen LogP contribution >= 0.6 is 0 Å². The zero-order chi connectivity index (χ0) is 10.7. The second kappa shape index (κ2) is 4.21. The number of ether oxygens (including phenoxy) is 1. The van der Waals surface area contributed by atoms with Crippen molar-refractivity contribution in [2.24, 2.45) is 5.92 Å². The summed E-state index contributed by atoms with van der Waals surface area (Å²) in [6.45, 7) is 6.01. The third kappa shape index (κ3) is 2.31. The molecular formula is C9H15N3O2. The SMILES string of the molecule is COC(=O)C(C)Cn1nc(C)nc1C. The van der Waals surface area contributed by atoms with E-state index < -0.39 is 0 Å². The highest BCUT2D eigenvalue weighted by Gasteiger charge is 2.15. The normalized spacial score (nSPS) is 12.6. The Labute approximate surface area is 83.1 Å². The number of carbonyl (C=O) groups excluding carboxylic acids is 1. The molecule has 0 saturated heterocycles. The largest absolute Gasteiger partial charge is 0.469 e. The summed E-state index contributed by atoms with van der Waals surface area (Å²) in [5, 5.41) is 4.16. The number of methoxy groups -OCH3 is 1. The first-order chi connectivity index (χ1) is 6.54. The van der Waals surface area contributed by atoms with Gasteiger partial charge in [0, 0.05) is 0 Å². The zero-order valence-corrected chi connectivity index (χ0v) is 8.94. The topological polar surface area (TPSA) is 57.0 Å². The molecule has 0 fully saturated rings. The van der Waals surface area contributed by atoms with E-state index in [0.29, 0.717) is 6.54 Å². The lowest BCUT2D eigenvalue weighted by Crippen LogP contribution is -2.20. The molecule has 0 aliphatic rings. The fraction of sp³-hybridized carbons (Fsp3) is 0.667. The van der Waals surface area contributed by atoms with Crippen molar-refractivity contribution in [1.29, 1.82) is 0 Å². The molecule has 0 bridgehead atoms. The minimum Gasteiger partial charge on any atom is -0.469 e. The highest BCUT2D eigenvalue weighted by molar-refractivity contribution is 5.71. The van der Waals surface area contributed by atoms with Crippen molar-refractivity contribution >= 4 is 5.97 Å². The molecule has 1 atom stereocenters. The summed E-state index contributed by atoms with van der Waals surface area (Å²) >= 11 is 0. The van der Waals surface area contributed by atoms with Crippen molar-refractivity contribution in [2.45, 2.75) is 27.3 Å². The molecule has 0 aliphatic heterocycles. The summed E-state index contributed by atoms with van der Waals surface area (Å²) in [5.41, 5.74) is 0. The number of aromatic nitrogens is 3. The molecule has 1 aromatic rings. The molecule has 0 spiro atoms. The molecule has 0 saturated carbocycles. The van der Waals surface area contributed by atoms with Crippen LogP contribution in [-0.2, 0) is 16.1 Å². The Morgan fingerprint density at radius 2 is 2.21 bits per heavy atom. The lowest BCUT2D eigenvalue weighted by molar-refractivity contribution is -0.145. The molecule has 1 heterocycles. The van der Waals surface area contributed by atoms with Crippen LogP contribution in [-0.4, -0.2) is 27.8 Å². The first-order valence-corrected chi connectivity index (χ1v) is 4.50. The van der Waals surface area contributed by atoms with Gasteiger partial charge in [-0.05, 0) is 13.8 Å². The Kier molecular flexibility index (Phi) is 3.22. The molecule has 5 nitrogen and oxygen atoms in total. The van der Waals surface area contributed by atoms with E-state index in [0.717, 1.165) is 11.6 Å². The predicted molar refractivity (Wildman–Crippen MR) is 50.7 cm³/mol. The van der Waals surface area contributed by atoms with E-state index in [4.69, 9.17) is 0 Å². The Morgan fingerprint density at radius 3 is 2.64 bits per heavy atom. The monoisotopic (exact) mass is 197 g/mol. The number of aryl methyl sites for hydroxylation is 2. The van der Waals surface area contributed by atoms with E-state index in [1.807, 2.05) is 20.8 Å². The van der Waals surface area contributed by atoms with Crippen LogP contribution in [0.5, 0.6) is 0 Å². The third-order valence-electron chi connectivity index (χ3n) is 2.01. The molecule has 0 aromatic carbocycles. The smallest absolute Gasteiger partial charge is 0.310 e.